The van der Waals surface area contributed by atoms with Gasteiger partial charge >= 0.3 is 0 Å². The minimum Gasteiger partial charge on any atom is -0.281 e. The molecule has 1 heterocycles. The van der Waals surface area contributed by atoms with E-state index in [4.69, 9.17) is 0 Å². The summed E-state index contributed by atoms with van der Waals surface area (Å²) in [6, 6.07) is 0.445. The summed E-state index contributed by atoms with van der Waals surface area (Å²) in [7, 11) is 0. The van der Waals surface area contributed by atoms with E-state index in [9.17, 15) is 0 Å². The van der Waals surface area contributed by atoms with E-state index in [1.54, 1.807) is 0 Å². The lowest BCUT2D eigenvalue weighted by atomic mass is 10.1. The van der Waals surface area contributed by atoms with Crippen molar-refractivity contribution in [1.82, 2.24) is 0 Å². The van der Waals surface area contributed by atoms with Crippen LogP contribution in [0.5, 0.6) is 0 Å². The Bertz CT molecular complexity index is 191. The summed E-state index contributed by atoms with van der Waals surface area (Å²) in [6.07, 6.45) is 2.17. The predicted molar refractivity (Wildman–Crippen MR) is 54.1 cm³/mol. The molecule has 1 aliphatic heterocycles. The van der Waals surface area contributed by atoms with Crippen LogP contribution in [0.3, 0.4) is 0 Å². The lowest BCUT2D eigenvalue weighted by molar-refractivity contribution is 0.794. The van der Waals surface area contributed by atoms with Gasteiger partial charge in [0.2, 0.25) is 0 Å². The van der Waals surface area contributed by atoms with Crippen LogP contribution in [0.2, 0.25) is 0 Å². The lowest BCUT2D eigenvalue weighted by Gasteiger charge is -2.10. The van der Waals surface area contributed by atoms with E-state index < -0.39 is 0 Å². The molecule has 0 fully saturated rings. The Morgan fingerprint density at radius 1 is 1.60 bits per heavy atom. The van der Waals surface area contributed by atoms with Crippen LogP contribution in [0.1, 0.15) is 20.8 Å². The number of hydrogen-bond acceptors (Lipinski definition) is 1. The molecule has 0 saturated carbocycles. The van der Waals surface area contributed by atoms with Gasteiger partial charge in [-0.05, 0) is 25.5 Å². The maximum absolute atomic E-state index is 4.49. The second-order valence-corrected chi connectivity index (χ2v) is 4.75. The minimum absolute atomic E-state index is 0.445. The van der Waals surface area contributed by atoms with E-state index in [1.165, 1.54) is 11.3 Å². The van der Waals surface area contributed by atoms with Crippen molar-refractivity contribution in [3.8, 4) is 0 Å². The Hall–Kier alpha value is 0.140. The van der Waals surface area contributed by atoms with Crippen molar-refractivity contribution in [2.24, 2.45) is 4.99 Å². The van der Waals surface area contributed by atoms with Gasteiger partial charge in [0, 0.05) is 9.64 Å². The molecule has 56 valence electrons. The number of nitrogens with zero attached hydrogens (tertiary/aromatic N) is 1. The second-order valence-electron chi connectivity index (χ2n) is 2.78. The van der Waals surface area contributed by atoms with Crippen molar-refractivity contribution >= 4 is 28.3 Å². The average Bonchev–Trinajstić information content (AvgIpc) is 2.10. The van der Waals surface area contributed by atoms with Crippen LogP contribution < -0.4 is 0 Å². The average molecular weight is 249 g/mol. The molecule has 2 unspecified atom stereocenters. The number of allylic oxidation sites excluding steroid dienone is 1. The van der Waals surface area contributed by atoms with Crippen LogP contribution in [0.25, 0.3) is 0 Å². The first-order valence-electron chi connectivity index (χ1n) is 3.48. The molecule has 0 aromatic heterocycles. The third-order valence-corrected chi connectivity index (χ3v) is 2.36. The van der Waals surface area contributed by atoms with E-state index in [2.05, 4.69) is 54.4 Å². The van der Waals surface area contributed by atoms with E-state index >= 15 is 0 Å². The number of alkyl halides is 1. The van der Waals surface area contributed by atoms with Gasteiger partial charge in [0.25, 0.3) is 0 Å². The van der Waals surface area contributed by atoms with Crippen LogP contribution in [0.15, 0.2) is 16.6 Å². The van der Waals surface area contributed by atoms with Crippen LogP contribution in [-0.4, -0.2) is 15.7 Å². The molecule has 0 radical (unpaired) electrons. The molecule has 0 saturated heterocycles. The number of hydrogen-bond donors (Lipinski definition) is 0. The van der Waals surface area contributed by atoms with Gasteiger partial charge in [-0.1, -0.05) is 29.5 Å². The van der Waals surface area contributed by atoms with Gasteiger partial charge in [-0.3, -0.25) is 4.99 Å². The monoisotopic (exact) mass is 249 g/mol. The van der Waals surface area contributed by atoms with Crippen LogP contribution in [0, 0.1) is 0 Å². The fraction of sp³-hybridized carbons (Fsp3) is 0.625. The first kappa shape index (κ1) is 8.24. The van der Waals surface area contributed by atoms with Crippen molar-refractivity contribution < 1.29 is 0 Å². The molecule has 2 atom stereocenters. The molecule has 0 aromatic rings. The van der Waals surface area contributed by atoms with Crippen molar-refractivity contribution in [3.63, 3.8) is 0 Å². The number of aliphatic imine (C=N–C) groups is 1. The molecular weight excluding hydrogens is 237 g/mol. The van der Waals surface area contributed by atoms with Gasteiger partial charge in [0.1, 0.15) is 0 Å². The van der Waals surface area contributed by atoms with Gasteiger partial charge < -0.3 is 0 Å². The van der Waals surface area contributed by atoms with Gasteiger partial charge in [-0.25, -0.2) is 0 Å². The van der Waals surface area contributed by atoms with E-state index in [-0.39, 0.29) is 0 Å². The first-order chi connectivity index (χ1) is 4.61. The van der Waals surface area contributed by atoms with Gasteiger partial charge in [-0.15, -0.1) is 0 Å². The fourth-order valence-electron chi connectivity index (χ4n) is 1.24. The summed E-state index contributed by atoms with van der Waals surface area (Å²) in [4.78, 5) is 4.49. The largest absolute Gasteiger partial charge is 0.281 e. The van der Waals surface area contributed by atoms with Crippen molar-refractivity contribution in [2.75, 3.05) is 0 Å². The summed E-state index contributed by atoms with van der Waals surface area (Å²) in [6.45, 7) is 6.41. The highest BCUT2D eigenvalue weighted by Gasteiger charge is 2.19. The molecule has 1 nitrogen and oxygen atoms in total. The van der Waals surface area contributed by atoms with Gasteiger partial charge in [0.05, 0.1) is 6.04 Å². The summed E-state index contributed by atoms with van der Waals surface area (Å²) >= 11 is 2.42. The fourth-order valence-corrected chi connectivity index (χ4v) is 1.97. The SMILES string of the molecule is CC1=CC(C)=NC1C(C)I. The molecular formula is C8H12IN. The Labute approximate surface area is 75.8 Å². The molecule has 0 bridgehead atoms. The van der Waals surface area contributed by atoms with Crippen LogP contribution in [0.4, 0.5) is 0 Å². The summed E-state index contributed by atoms with van der Waals surface area (Å²) < 4.78 is 0.617. The van der Waals surface area contributed by atoms with Crippen LogP contribution in [-0.2, 0) is 0 Å². The van der Waals surface area contributed by atoms with Crippen molar-refractivity contribution in [1.29, 1.82) is 0 Å². The van der Waals surface area contributed by atoms with Crippen molar-refractivity contribution in [2.45, 2.75) is 30.7 Å². The zero-order valence-corrected chi connectivity index (χ0v) is 8.71. The topological polar surface area (TPSA) is 12.4 Å². The van der Waals surface area contributed by atoms with Gasteiger partial charge in [-0.2, -0.15) is 0 Å². The number of halogens is 1. The van der Waals surface area contributed by atoms with E-state index in [0.29, 0.717) is 9.97 Å². The molecule has 0 N–H and O–H groups in total. The third kappa shape index (κ3) is 1.59. The molecule has 0 spiro atoms. The highest BCUT2D eigenvalue weighted by atomic mass is 127. The third-order valence-electron chi connectivity index (χ3n) is 1.68. The number of rotatable bonds is 1. The zero-order chi connectivity index (χ0) is 7.72. The van der Waals surface area contributed by atoms with E-state index in [1.807, 2.05) is 0 Å². The van der Waals surface area contributed by atoms with E-state index in [0.717, 1.165) is 0 Å². The molecule has 0 aromatic carbocycles. The zero-order valence-electron chi connectivity index (χ0n) is 6.56. The van der Waals surface area contributed by atoms with Crippen molar-refractivity contribution in [3.05, 3.63) is 11.6 Å². The summed E-state index contributed by atoms with van der Waals surface area (Å²) in [5.41, 5.74) is 2.57. The standard InChI is InChI=1S/C8H12IN/c1-5-4-6(2)10-8(5)7(3)9/h4,7-8H,1-3H3. The quantitative estimate of drug-likeness (QED) is 0.500. The Kier molecular flexibility index (Phi) is 2.50. The molecule has 2 heteroatoms. The lowest BCUT2D eigenvalue weighted by Crippen LogP contribution is -2.13. The molecule has 10 heavy (non-hydrogen) atoms. The Balaban J connectivity index is 2.75. The van der Waals surface area contributed by atoms with Crippen LogP contribution >= 0.6 is 22.6 Å². The Morgan fingerprint density at radius 2 is 2.20 bits per heavy atom. The molecule has 1 aliphatic rings. The minimum atomic E-state index is 0.445. The first-order valence-corrected chi connectivity index (χ1v) is 4.72. The normalized spacial score (nSPS) is 27.8. The molecule has 0 amide bonds. The second kappa shape index (κ2) is 3.03. The predicted octanol–water partition coefficient (Wildman–Crippen LogP) is 2.60. The maximum Gasteiger partial charge on any atom is 0.0828 e. The Morgan fingerprint density at radius 3 is 2.40 bits per heavy atom. The summed E-state index contributed by atoms with van der Waals surface area (Å²) in [5.74, 6) is 0. The smallest absolute Gasteiger partial charge is 0.0828 e. The highest BCUT2D eigenvalue weighted by molar-refractivity contribution is 14.1. The molecule has 0 aliphatic carbocycles. The molecule has 1 rings (SSSR count). The maximum atomic E-state index is 4.49. The van der Waals surface area contributed by atoms with Gasteiger partial charge in [0.15, 0.2) is 0 Å². The summed E-state index contributed by atoms with van der Waals surface area (Å²) in [5, 5.41) is 0. The highest BCUT2D eigenvalue weighted by Crippen LogP contribution is 2.21.